The van der Waals surface area contributed by atoms with E-state index in [0.29, 0.717) is 23.7 Å². The summed E-state index contributed by atoms with van der Waals surface area (Å²) in [6, 6.07) is 11.0. The van der Waals surface area contributed by atoms with Crippen molar-refractivity contribution in [2.45, 2.75) is 6.42 Å². The summed E-state index contributed by atoms with van der Waals surface area (Å²) in [4.78, 5) is 17.4. The first kappa shape index (κ1) is 18.3. The second-order valence-electron chi connectivity index (χ2n) is 5.02. The molecule has 1 aromatic heterocycles. The molecule has 0 spiro atoms. The minimum atomic E-state index is -0.117. The number of rotatable bonds is 7. The third-order valence-corrected chi connectivity index (χ3v) is 4.47. The molecule has 0 aliphatic rings. The number of benzene rings is 1. The highest BCUT2D eigenvalue weighted by Crippen LogP contribution is 2.09. The first-order chi connectivity index (χ1) is 11.7. The molecule has 7 heteroatoms. The highest BCUT2D eigenvalue weighted by Gasteiger charge is 2.04. The van der Waals surface area contributed by atoms with Crippen molar-refractivity contribution >= 4 is 34.8 Å². The van der Waals surface area contributed by atoms with Crippen molar-refractivity contribution in [1.29, 1.82) is 0 Å². The molecule has 1 amide bonds. The lowest BCUT2D eigenvalue weighted by Gasteiger charge is -2.12. The van der Waals surface area contributed by atoms with Gasteiger partial charge in [0.2, 0.25) is 0 Å². The Morgan fingerprint density at radius 2 is 1.79 bits per heavy atom. The van der Waals surface area contributed by atoms with Crippen molar-refractivity contribution in [3.05, 3.63) is 57.2 Å². The molecule has 128 valence electrons. The van der Waals surface area contributed by atoms with Crippen molar-refractivity contribution in [2.24, 2.45) is 4.99 Å². The minimum Gasteiger partial charge on any atom is -0.356 e. The van der Waals surface area contributed by atoms with Crippen molar-refractivity contribution in [3.63, 3.8) is 0 Å². The highest BCUT2D eigenvalue weighted by atomic mass is 35.5. The second kappa shape index (κ2) is 9.95. The van der Waals surface area contributed by atoms with E-state index in [9.17, 15) is 4.79 Å². The highest BCUT2D eigenvalue weighted by molar-refractivity contribution is 7.09. The fraction of sp³-hybridized carbons (Fsp3) is 0.294. The normalized spacial score (nSPS) is 11.2. The Kier molecular flexibility index (Phi) is 7.58. The molecule has 3 N–H and O–H groups in total. The maximum Gasteiger partial charge on any atom is 0.251 e. The number of hydrogen-bond donors (Lipinski definition) is 3. The van der Waals surface area contributed by atoms with E-state index in [1.807, 2.05) is 0 Å². The number of carbonyl (C=O) groups excluding carboxylic acids is 1. The second-order valence-corrected chi connectivity index (χ2v) is 6.49. The summed E-state index contributed by atoms with van der Waals surface area (Å²) < 4.78 is 0. The van der Waals surface area contributed by atoms with Gasteiger partial charge in [0, 0.05) is 42.1 Å². The van der Waals surface area contributed by atoms with Crippen LogP contribution in [0.15, 0.2) is 46.8 Å². The monoisotopic (exact) mass is 364 g/mol. The third-order valence-electron chi connectivity index (χ3n) is 3.28. The molecule has 2 rings (SSSR count). The van der Waals surface area contributed by atoms with E-state index in [-0.39, 0.29) is 5.91 Å². The fourth-order valence-corrected chi connectivity index (χ4v) is 2.87. The van der Waals surface area contributed by atoms with Crippen LogP contribution in [0.5, 0.6) is 0 Å². The van der Waals surface area contributed by atoms with E-state index < -0.39 is 0 Å². The summed E-state index contributed by atoms with van der Waals surface area (Å²) in [5.41, 5.74) is 0.595. The molecule has 1 heterocycles. The maximum atomic E-state index is 11.9. The van der Waals surface area contributed by atoms with Gasteiger partial charge in [0.15, 0.2) is 5.96 Å². The molecular formula is C17H21ClN4OS. The average Bonchev–Trinajstić information content (AvgIpc) is 3.10. The van der Waals surface area contributed by atoms with Gasteiger partial charge in [0.25, 0.3) is 5.91 Å². The molecule has 0 saturated carbocycles. The third kappa shape index (κ3) is 6.22. The smallest absolute Gasteiger partial charge is 0.251 e. The summed E-state index contributed by atoms with van der Waals surface area (Å²) in [5, 5.41) is 12.0. The van der Waals surface area contributed by atoms with Gasteiger partial charge in [-0.1, -0.05) is 17.7 Å². The first-order valence-electron chi connectivity index (χ1n) is 7.69. The van der Waals surface area contributed by atoms with E-state index in [0.717, 1.165) is 18.9 Å². The molecule has 5 nitrogen and oxygen atoms in total. The van der Waals surface area contributed by atoms with Gasteiger partial charge in [-0.05, 0) is 42.1 Å². The SMILES string of the molecule is CN=C(NCCNC(=O)c1ccc(Cl)cc1)NCCc1cccs1. The lowest BCUT2D eigenvalue weighted by atomic mass is 10.2. The van der Waals surface area contributed by atoms with E-state index in [2.05, 4.69) is 38.5 Å². The number of carbonyl (C=O) groups is 1. The van der Waals surface area contributed by atoms with Gasteiger partial charge in [0.1, 0.15) is 0 Å². The molecule has 0 bridgehead atoms. The molecule has 0 unspecified atom stereocenters. The molecule has 0 aliphatic carbocycles. The number of nitrogens with zero attached hydrogens (tertiary/aromatic N) is 1. The Morgan fingerprint density at radius 1 is 1.08 bits per heavy atom. The minimum absolute atomic E-state index is 0.117. The van der Waals surface area contributed by atoms with Gasteiger partial charge < -0.3 is 16.0 Å². The lowest BCUT2D eigenvalue weighted by molar-refractivity contribution is 0.0954. The van der Waals surface area contributed by atoms with Crippen LogP contribution >= 0.6 is 22.9 Å². The molecule has 0 fully saturated rings. The fourth-order valence-electron chi connectivity index (χ4n) is 2.04. The van der Waals surface area contributed by atoms with Crippen LogP contribution in [0, 0.1) is 0 Å². The van der Waals surface area contributed by atoms with Gasteiger partial charge >= 0.3 is 0 Å². The summed E-state index contributed by atoms with van der Waals surface area (Å²) in [5.74, 6) is 0.612. The Balaban J connectivity index is 1.62. The van der Waals surface area contributed by atoms with Crippen molar-refractivity contribution in [1.82, 2.24) is 16.0 Å². The zero-order valence-electron chi connectivity index (χ0n) is 13.5. The standard InChI is InChI=1S/C17H21ClN4OS/c1-19-17(21-9-8-15-3-2-12-24-15)22-11-10-20-16(23)13-4-6-14(18)7-5-13/h2-7,12H,8-11H2,1H3,(H,20,23)(H2,19,21,22). The predicted molar refractivity (Wildman–Crippen MR) is 101 cm³/mol. The summed E-state index contributed by atoms with van der Waals surface area (Å²) in [6.45, 7) is 1.92. The quantitative estimate of drug-likeness (QED) is 0.402. The average molecular weight is 365 g/mol. The van der Waals surface area contributed by atoms with Crippen molar-refractivity contribution < 1.29 is 4.79 Å². The molecule has 1 aromatic carbocycles. The van der Waals surface area contributed by atoms with Crippen LogP contribution in [-0.4, -0.2) is 38.5 Å². The molecule has 0 radical (unpaired) electrons. The van der Waals surface area contributed by atoms with Crippen LogP contribution < -0.4 is 16.0 Å². The van der Waals surface area contributed by atoms with E-state index >= 15 is 0 Å². The molecule has 0 saturated heterocycles. The molecule has 0 atom stereocenters. The number of amides is 1. The zero-order chi connectivity index (χ0) is 17.2. The van der Waals surface area contributed by atoms with E-state index in [1.165, 1.54) is 4.88 Å². The number of halogens is 1. The van der Waals surface area contributed by atoms with Crippen molar-refractivity contribution in [3.8, 4) is 0 Å². The van der Waals surface area contributed by atoms with Gasteiger partial charge in [-0.25, -0.2) is 0 Å². The number of hydrogen-bond acceptors (Lipinski definition) is 3. The van der Waals surface area contributed by atoms with Crippen LogP contribution in [0.2, 0.25) is 5.02 Å². The summed E-state index contributed by atoms with van der Waals surface area (Å²) in [6.07, 6.45) is 0.964. The number of nitrogens with one attached hydrogen (secondary N) is 3. The van der Waals surface area contributed by atoms with Gasteiger partial charge in [-0.3, -0.25) is 9.79 Å². The molecule has 2 aromatic rings. The Bertz CT molecular complexity index is 656. The van der Waals surface area contributed by atoms with E-state index in [4.69, 9.17) is 11.6 Å². The van der Waals surface area contributed by atoms with Crippen LogP contribution in [0.1, 0.15) is 15.2 Å². The Labute approximate surface area is 151 Å². The Hall–Kier alpha value is -2.05. The number of aliphatic imine (C=N–C) groups is 1. The largest absolute Gasteiger partial charge is 0.356 e. The lowest BCUT2D eigenvalue weighted by Crippen LogP contribution is -2.42. The summed E-state index contributed by atoms with van der Waals surface area (Å²) >= 11 is 7.56. The van der Waals surface area contributed by atoms with Gasteiger partial charge in [-0.15, -0.1) is 11.3 Å². The molecule has 24 heavy (non-hydrogen) atoms. The van der Waals surface area contributed by atoms with Crippen LogP contribution in [-0.2, 0) is 6.42 Å². The number of thiophene rings is 1. The Morgan fingerprint density at radius 3 is 2.46 bits per heavy atom. The van der Waals surface area contributed by atoms with Crippen LogP contribution in [0.4, 0.5) is 0 Å². The molecule has 0 aliphatic heterocycles. The topological polar surface area (TPSA) is 65.5 Å². The summed E-state index contributed by atoms with van der Waals surface area (Å²) in [7, 11) is 1.73. The van der Waals surface area contributed by atoms with Crippen molar-refractivity contribution in [2.75, 3.05) is 26.7 Å². The van der Waals surface area contributed by atoms with Gasteiger partial charge in [-0.2, -0.15) is 0 Å². The number of guanidine groups is 1. The van der Waals surface area contributed by atoms with Crippen LogP contribution in [0.3, 0.4) is 0 Å². The maximum absolute atomic E-state index is 11.9. The van der Waals surface area contributed by atoms with Gasteiger partial charge in [0.05, 0.1) is 0 Å². The zero-order valence-corrected chi connectivity index (χ0v) is 15.1. The molecular weight excluding hydrogens is 344 g/mol. The van der Waals surface area contributed by atoms with E-state index in [1.54, 1.807) is 42.6 Å². The first-order valence-corrected chi connectivity index (χ1v) is 8.95. The van der Waals surface area contributed by atoms with Crippen LogP contribution in [0.25, 0.3) is 0 Å². The predicted octanol–water partition coefficient (Wildman–Crippen LogP) is 2.54.